The molecule has 2 rings (SSSR count). The van der Waals surface area contributed by atoms with E-state index in [1.807, 2.05) is 20.8 Å². The summed E-state index contributed by atoms with van der Waals surface area (Å²) in [4.78, 5) is 0. The van der Waals surface area contributed by atoms with Gasteiger partial charge in [-0.2, -0.15) is 0 Å². The van der Waals surface area contributed by atoms with Crippen LogP contribution in [0.4, 0.5) is 0 Å². The van der Waals surface area contributed by atoms with E-state index in [1.165, 1.54) is 18.6 Å². The van der Waals surface area contributed by atoms with Gasteiger partial charge in [-0.1, -0.05) is 25.9 Å². The number of aromatic nitrogens is 1. The van der Waals surface area contributed by atoms with E-state index in [4.69, 9.17) is 4.42 Å². The van der Waals surface area contributed by atoms with Crippen LogP contribution in [-0.4, -0.2) is 13.6 Å². The number of hydrogen-bond acceptors (Lipinski definition) is 5. The molecule has 0 bridgehead atoms. The zero-order valence-corrected chi connectivity index (χ0v) is 12.5. The molecule has 0 amide bonds. The summed E-state index contributed by atoms with van der Waals surface area (Å²) in [5.41, 5.74) is 0.0407. The van der Waals surface area contributed by atoms with Crippen LogP contribution >= 0.6 is 0 Å². The third-order valence-corrected chi connectivity index (χ3v) is 4.09. The Kier molecular flexibility index (Phi) is 4.01. The molecule has 0 saturated heterocycles. The lowest BCUT2D eigenvalue weighted by Gasteiger charge is -2.29. The maximum atomic E-state index is 12.2. The topological polar surface area (TPSA) is 85.3 Å². The third kappa shape index (κ3) is 3.71. The van der Waals surface area contributed by atoms with Crippen molar-refractivity contribution in [2.45, 2.75) is 32.6 Å². The normalized spacial score (nSPS) is 14.3. The number of nitrogens with one attached hydrogen (secondary N) is 1. The second-order valence-corrected chi connectivity index (χ2v) is 7.44. The van der Waals surface area contributed by atoms with E-state index in [9.17, 15) is 8.42 Å². The molecule has 2 aromatic heterocycles. The smallest absolute Gasteiger partial charge is 0.218 e. The molecule has 0 saturated carbocycles. The molecular formula is C13H18N2O4S. The molecule has 0 spiro atoms. The Hall–Kier alpha value is -1.60. The summed E-state index contributed by atoms with van der Waals surface area (Å²) in [5.74, 6) is 0.359. The van der Waals surface area contributed by atoms with E-state index < -0.39 is 16.1 Å². The number of sulfonamides is 1. The highest BCUT2D eigenvalue weighted by molar-refractivity contribution is 7.88. The van der Waals surface area contributed by atoms with E-state index in [2.05, 4.69) is 14.4 Å². The van der Waals surface area contributed by atoms with E-state index in [0.717, 1.165) is 0 Å². The maximum absolute atomic E-state index is 12.2. The minimum absolute atomic E-state index is 0.225. The van der Waals surface area contributed by atoms with Gasteiger partial charge in [-0.05, 0) is 17.5 Å². The number of hydrogen-bond donors (Lipinski definition) is 1. The van der Waals surface area contributed by atoms with Crippen LogP contribution in [0.25, 0.3) is 0 Å². The van der Waals surface area contributed by atoms with Gasteiger partial charge in [0.2, 0.25) is 10.0 Å². The number of nitrogens with zero attached hydrogens (tertiary/aromatic N) is 1. The minimum Gasteiger partial charge on any atom is -0.468 e. The largest absolute Gasteiger partial charge is 0.468 e. The fourth-order valence-electron chi connectivity index (χ4n) is 1.85. The van der Waals surface area contributed by atoms with E-state index in [-0.39, 0.29) is 11.2 Å². The molecule has 0 radical (unpaired) electrons. The highest BCUT2D eigenvalue weighted by atomic mass is 32.2. The lowest BCUT2D eigenvalue weighted by molar-refractivity contribution is 0.265. The minimum atomic E-state index is -3.55. The molecule has 110 valence electrons. The van der Waals surface area contributed by atoms with Gasteiger partial charge in [0.15, 0.2) is 0 Å². The Bertz CT molecular complexity index is 624. The van der Waals surface area contributed by atoms with Crippen LogP contribution in [0.5, 0.6) is 0 Å². The second kappa shape index (κ2) is 5.41. The molecule has 0 aliphatic heterocycles. The van der Waals surface area contributed by atoms with Crippen LogP contribution in [-0.2, 0) is 15.8 Å². The molecular weight excluding hydrogens is 280 g/mol. The van der Waals surface area contributed by atoms with Crippen LogP contribution in [0.3, 0.4) is 0 Å². The molecule has 6 nitrogen and oxygen atoms in total. The summed E-state index contributed by atoms with van der Waals surface area (Å²) in [6.45, 7) is 5.83. The third-order valence-electron chi connectivity index (χ3n) is 2.82. The average molecular weight is 298 g/mol. The van der Waals surface area contributed by atoms with Gasteiger partial charge in [-0.15, -0.1) is 0 Å². The maximum Gasteiger partial charge on any atom is 0.218 e. The first-order chi connectivity index (χ1) is 9.28. The van der Waals surface area contributed by atoms with Crippen LogP contribution in [0, 0.1) is 5.41 Å². The van der Waals surface area contributed by atoms with Gasteiger partial charge in [0, 0.05) is 6.07 Å². The van der Waals surface area contributed by atoms with Crippen LogP contribution in [0.2, 0.25) is 0 Å². The zero-order chi connectivity index (χ0) is 14.8. The van der Waals surface area contributed by atoms with Crippen molar-refractivity contribution >= 4 is 10.0 Å². The predicted molar refractivity (Wildman–Crippen MR) is 73.2 cm³/mol. The first-order valence-corrected chi connectivity index (χ1v) is 7.86. The first kappa shape index (κ1) is 14.8. The van der Waals surface area contributed by atoms with E-state index in [1.54, 1.807) is 12.1 Å². The van der Waals surface area contributed by atoms with Crippen molar-refractivity contribution in [1.29, 1.82) is 0 Å². The summed E-state index contributed by atoms with van der Waals surface area (Å²) in [6.07, 6.45) is 2.87. The lowest BCUT2D eigenvalue weighted by Crippen LogP contribution is -2.37. The highest BCUT2D eigenvalue weighted by Gasteiger charge is 2.32. The Morgan fingerprint density at radius 1 is 1.30 bits per heavy atom. The Morgan fingerprint density at radius 3 is 2.55 bits per heavy atom. The van der Waals surface area contributed by atoms with Crippen molar-refractivity contribution in [2.75, 3.05) is 0 Å². The highest BCUT2D eigenvalue weighted by Crippen LogP contribution is 2.33. The van der Waals surface area contributed by atoms with Crippen molar-refractivity contribution in [3.8, 4) is 0 Å². The van der Waals surface area contributed by atoms with E-state index in [0.29, 0.717) is 11.5 Å². The molecule has 0 unspecified atom stereocenters. The van der Waals surface area contributed by atoms with Gasteiger partial charge < -0.3 is 8.94 Å². The Morgan fingerprint density at radius 2 is 2.05 bits per heavy atom. The molecule has 2 aromatic rings. The fourth-order valence-corrected chi connectivity index (χ4v) is 3.30. The number of furan rings is 1. The second-order valence-electron chi connectivity index (χ2n) is 5.68. The van der Waals surface area contributed by atoms with Gasteiger partial charge in [0.25, 0.3) is 0 Å². The van der Waals surface area contributed by atoms with Gasteiger partial charge in [-0.25, -0.2) is 13.1 Å². The lowest BCUT2D eigenvalue weighted by atomic mass is 9.86. The van der Waals surface area contributed by atoms with Crippen LogP contribution < -0.4 is 4.72 Å². The molecule has 7 heteroatoms. The van der Waals surface area contributed by atoms with Crippen molar-refractivity contribution in [2.24, 2.45) is 5.41 Å². The van der Waals surface area contributed by atoms with Crippen molar-refractivity contribution in [3.63, 3.8) is 0 Å². The van der Waals surface area contributed by atoms with Gasteiger partial charge in [-0.3, -0.25) is 0 Å². The van der Waals surface area contributed by atoms with Crippen LogP contribution in [0.1, 0.15) is 38.3 Å². The molecule has 0 fully saturated rings. The molecule has 2 heterocycles. The van der Waals surface area contributed by atoms with Crippen molar-refractivity contribution in [3.05, 3.63) is 42.2 Å². The predicted octanol–water partition coefficient (Wildman–Crippen LogP) is 2.47. The molecule has 1 N–H and O–H groups in total. The first-order valence-electron chi connectivity index (χ1n) is 6.20. The molecule has 0 aliphatic carbocycles. The standard InChI is InChI=1S/C13H18N2O4S/c1-13(2,3)12(11-5-4-7-18-11)15-20(16,17)9-10-6-8-19-14-10/h4-8,12,15H,9H2,1-3H3/t12-/m1/s1. The Labute approximate surface area is 118 Å². The monoisotopic (exact) mass is 298 g/mol. The summed E-state index contributed by atoms with van der Waals surface area (Å²) in [5, 5.41) is 3.62. The summed E-state index contributed by atoms with van der Waals surface area (Å²) in [7, 11) is -3.55. The average Bonchev–Trinajstić information content (AvgIpc) is 2.95. The van der Waals surface area contributed by atoms with Crippen LogP contribution in [0.15, 0.2) is 39.7 Å². The van der Waals surface area contributed by atoms with Gasteiger partial charge >= 0.3 is 0 Å². The summed E-state index contributed by atoms with van der Waals surface area (Å²) < 4.78 is 37.1. The fraction of sp³-hybridized carbons (Fsp3) is 0.462. The quantitative estimate of drug-likeness (QED) is 0.916. The number of rotatable bonds is 5. The Balaban J connectivity index is 2.20. The van der Waals surface area contributed by atoms with E-state index >= 15 is 0 Å². The van der Waals surface area contributed by atoms with Crippen molar-refractivity contribution < 1.29 is 17.4 Å². The summed E-state index contributed by atoms with van der Waals surface area (Å²) >= 11 is 0. The molecule has 0 aliphatic rings. The zero-order valence-electron chi connectivity index (χ0n) is 11.7. The van der Waals surface area contributed by atoms with Gasteiger partial charge in [0.1, 0.15) is 17.8 Å². The van der Waals surface area contributed by atoms with Gasteiger partial charge in [0.05, 0.1) is 18.0 Å². The molecule has 1 atom stereocenters. The molecule has 20 heavy (non-hydrogen) atoms. The SMILES string of the molecule is CC(C)(C)[C@H](NS(=O)(=O)Cc1ccon1)c1ccco1. The van der Waals surface area contributed by atoms with Crippen molar-refractivity contribution in [1.82, 2.24) is 9.88 Å². The molecule has 0 aromatic carbocycles. The summed E-state index contributed by atoms with van der Waals surface area (Å²) in [6, 6.07) is 4.57.